The topological polar surface area (TPSA) is 32.3 Å². The number of aromatic hydroxyl groups is 1. The van der Waals surface area contributed by atoms with Crippen molar-refractivity contribution < 1.29 is 22.7 Å². The number of phenols is 1. The predicted molar refractivity (Wildman–Crippen MR) is 61.7 cm³/mol. The summed E-state index contributed by atoms with van der Waals surface area (Å²) in [5, 5.41) is 11.6. The summed E-state index contributed by atoms with van der Waals surface area (Å²) < 4.78 is 51.7. The van der Waals surface area contributed by atoms with Crippen LogP contribution in [0.1, 0.15) is 5.56 Å². The highest BCUT2D eigenvalue weighted by molar-refractivity contribution is 5.44. The van der Waals surface area contributed by atoms with Crippen molar-refractivity contribution in [3.63, 3.8) is 0 Å². The summed E-state index contributed by atoms with van der Waals surface area (Å²) in [6, 6.07) is 5.07. The lowest BCUT2D eigenvalue weighted by Crippen LogP contribution is -2.01. The summed E-state index contributed by atoms with van der Waals surface area (Å²) in [4.78, 5) is 0. The molecule has 0 aliphatic rings. The molecule has 19 heavy (non-hydrogen) atoms. The van der Waals surface area contributed by atoms with Crippen LogP contribution in [0.4, 0.5) is 23.2 Å². The molecule has 0 aliphatic carbocycles. The van der Waals surface area contributed by atoms with Gasteiger partial charge in [-0.2, -0.15) is 0 Å². The molecule has 2 aromatic carbocycles. The standard InChI is InChI=1S/C13H9F4NO/c14-9-2-1-8(5-10(9)15)18-6-7-3-11(16)13(19)12(17)4-7/h1-5,18-19H,6H2. The summed E-state index contributed by atoms with van der Waals surface area (Å²) in [7, 11) is 0. The lowest BCUT2D eigenvalue weighted by Gasteiger charge is -2.08. The van der Waals surface area contributed by atoms with Crippen LogP contribution in [0.25, 0.3) is 0 Å². The van der Waals surface area contributed by atoms with Crippen molar-refractivity contribution in [2.75, 3.05) is 5.32 Å². The molecule has 0 fully saturated rings. The first-order chi connectivity index (χ1) is 8.97. The van der Waals surface area contributed by atoms with Gasteiger partial charge in [0.2, 0.25) is 0 Å². The van der Waals surface area contributed by atoms with Gasteiger partial charge in [0.25, 0.3) is 0 Å². The third kappa shape index (κ3) is 2.96. The van der Waals surface area contributed by atoms with E-state index in [1.165, 1.54) is 6.07 Å². The Bertz CT molecular complexity index is 593. The number of rotatable bonds is 3. The Hall–Kier alpha value is -2.24. The molecule has 100 valence electrons. The van der Waals surface area contributed by atoms with Gasteiger partial charge >= 0.3 is 0 Å². The van der Waals surface area contributed by atoms with Crippen molar-refractivity contribution in [1.82, 2.24) is 0 Å². The predicted octanol–water partition coefficient (Wildman–Crippen LogP) is 3.56. The van der Waals surface area contributed by atoms with E-state index >= 15 is 0 Å². The Morgan fingerprint density at radius 2 is 1.47 bits per heavy atom. The van der Waals surface area contributed by atoms with Crippen LogP contribution in [0, 0.1) is 23.3 Å². The molecule has 0 atom stereocenters. The fourth-order valence-electron chi connectivity index (χ4n) is 1.53. The molecule has 0 unspecified atom stereocenters. The Morgan fingerprint density at radius 1 is 0.842 bits per heavy atom. The highest BCUT2D eigenvalue weighted by Crippen LogP contribution is 2.22. The average Bonchev–Trinajstić information content (AvgIpc) is 2.37. The molecule has 2 N–H and O–H groups in total. The maximum absolute atomic E-state index is 13.1. The van der Waals surface area contributed by atoms with Gasteiger partial charge in [0.05, 0.1) is 0 Å². The fourth-order valence-corrected chi connectivity index (χ4v) is 1.53. The van der Waals surface area contributed by atoms with Crippen molar-refractivity contribution >= 4 is 5.69 Å². The number of halogens is 4. The second-order valence-corrected chi connectivity index (χ2v) is 3.89. The van der Waals surface area contributed by atoms with E-state index in [1.807, 2.05) is 0 Å². The van der Waals surface area contributed by atoms with Crippen molar-refractivity contribution in [2.45, 2.75) is 6.54 Å². The average molecular weight is 271 g/mol. The van der Waals surface area contributed by atoms with Gasteiger partial charge in [0.15, 0.2) is 29.0 Å². The van der Waals surface area contributed by atoms with E-state index in [2.05, 4.69) is 5.32 Å². The van der Waals surface area contributed by atoms with Gasteiger partial charge in [-0.1, -0.05) is 0 Å². The Morgan fingerprint density at radius 3 is 2.05 bits per heavy atom. The normalized spacial score (nSPS) is 10.5. The molecule has 0 aliphatic heterocycles. The number of anilines is 1. The number of nitrogens with one attached hydrogen (secondary N) is 1. The number of hydrogen-bond acceptors (Lipinski definition) is 2. The monoisotopic (exact) mass is 271 g/mol. The zero-order valence-corrected chi connectivity index (χ0v) is 9.55. The summed E-state index contributed by atoms with van der Waals surface area (Å²) >= 11 is 0. The van der Waals surface area contributed by atoms with E-state index in [0.29, 0.717) is 0 Å². The van der Waals surface area contributed by atoms with E-state index in [4.69, 9.17) is 5.11 Å². The lowest BCUT2D eigenvalue weighted by atomic mass is 10.2. The van der Waals surface area contributed by atoms with Gasteiger partial charge in [0.1, 0.15) is 0 Å². The molecule has 0 spiro atoms. The summed E-state index contributed by atoms with van der Waals surface area (Å²) in [5.41, 5.74) is 0.491. The molecule has 0 saturated heterocycles. The molecule has 2 aromatic rings. The molecule has 0 heterocycles. The first-order valence-corrected chi connectivity index (χ1v) is 5.33. The molecule has 2 rings (SSSR count). The molecule has 0 amide bonds. The molecule has 0 bridgehead atoms. The second-order valence-electron chi connectivity index (χ2n) is 3.89. The number of phenolic OH excluding ortho intramolecular Hbond substituents is 1. The zero-order chi connectivity index (χ0) is 14.0. The fraction of sp³-hybridized carbons (Fsp3) is 0.0769. The first kappa shape index (κ1) is 13.2. The molecule has 2 nitrogen and oxygen atoms in total. The largest absolute Gasteiger partial charge is 0.503 e. The van der Waals surface area contributed by atoms with E-state index < -0.39 is 29.0 Å². The number of hydrogen-bond donors (Lipinski definition) is 2. The van der Waals surface area contributed by atoms with Gasteiger partial charge in [-0.25, -0.2) is 17.6 Å². The van der Waals surface area contributed by atoms with E-state index in [9.17, 15) is 17.6 Å². The SMILES string of the molecule is Oc1c(F)cc(CNc2ccc(F)c(F)c2)cc1F. The maximum atomic E-state index is 13.1. The summed E-state index contributed by atoms with van der Waals surface area (Å²) in [6.45, 7) is -0.000801. The molecule has 0 aromatic heterocycles. The minimum Gasteiger partial charge on any atom is -0.503 e. The maximum Gasteiger partial charge on any atom is 0.187 e. The van der Waals surface area contributed by atoms with Gasteiger partial charge in [-0.05, 0) is 29.8 Å². The van der Waals surface area contributed by atoms with Gasteiger partial charge < -0.3 is 10.4 Å². The van der Waals surface area contributed by atoms with Crippen LogP contribution in [0.2, 0.25) is 0 Å². The van der Waals surface area contributed by atoms with Crippen molar-refractivity contribution in [1.29, 1.82) is 0 Å². The molecule has 0 radical (unpaired) electrons. The molecule has 0 saturated carbocycles. The molecule has 6 heteroatoms. The van der Waals surface area contributed by atoms with E-state index in [0.717, 1.165) is 24.3 Å². The highest BCUT2D eigenvalue weighted by atomic mass is 19.2. The van der Waals surface area contributed by atoms with Crippen LogP contribution in [-0.4, -0.2) is 5.11 Å². The number of benzene rings is 2. The Kier molecular flexibility index (Phi) is 3.59. The van der Waals surface area contributed by atoms with Gasteiger partial charge in [0, 0.05) is 18.3 Å². The van der Waals surface area contributed by atoms with Crippen molar-refractivity contribution in [3.8, 4) is 5.75 Å². The summed E-state index contributed by atoms with van der Waals surface area (Å²) in [5.74, 6) is -5.21. The van der Waals surface area contributed by atoms with Crippen LogP contribution in [0.3, 0.4) is 0 Å². The summed E-state index contributed by atoms with van der Waals surface area (Å²) in [6.07, 6.45) is 0. The smallest absolute Gasteiger partial charge is 0.187 e. The molecular weight excluding hydrogens is 262 g/mol. The second kappa shape index (κ2) is 5.17. The van der Waals surface area contributed by atoms with Gasteiger partial charge in [-0.15, -0.1) is 0 Å². The van der Waals surface area contributed by atoms with E-state index in [1.54, 1.807) is 0 Å². The molecular formula is C13H9F4NO. The van der Waals surface area contributed by atoms with Crippen LogP contribution in [-0.2, 0) is 6.54 Å². The van der Waals surface area contributed by atoms with Crippen LogP contribution >= 0.6 is 0 Å². The van der Waals surface area contributed by atoms with Crippen LogP contribution in [0.15, 0.2) is 30.3 Å². The van der Waals surface area contributed by atoms with Crippen LogP contribution < -0.4 is 5.32 Å². The lowest BCUT2D eigenvalue weighted by molar-refractivity contribution is 0.395. The third-order valence-corrected chi connectivity index (χ3v) is 2.49. The zero-order valence-electron chi connectivity index (χ0n) is 9.55. The quantitative estimate of drug-likeness (QED) is 0.836. The Labute approximate surface area is 106 Å². The highest BCUT2D eigenvalue weighted by Gasteiger charge is 2.09. The minimum absolute atomic E-state index is 0.000801. The van der Waals surface area contributed by atoms with Crippen LogP contribution in [0.5, 0.6) is 5.75 Å². The Balaban J connectivity index is 2.12. The third-order valence-electron chi connectivity index (χ3n) is 2.49. The van der Waals surface area contributed by atoms with E-state index in [-0.39, 0.29) is 17.8 Å². The van der Waals surface area contributed by atoms with Crippen molar-refractivity contribution in [3.05, 3.63) is 59.2 Å². The minimum atomic E-state index is -1.08. The van der Waals surface area contributed by atoms with Gasteiger partial charge in [-0.3, -0.25) is 0 Å². The van der Waals surface area contributed by atoms with Crippen molar-refractivity contribution in [2.24, 2.45) is 0 Å². The first-order valence-electron chi connectivity index (χ1n) is 5.33.